The van der Waals surface area contributed by atoms with Crippen molar-refractivity contribution in [3.63, 3.8) is 0 Å². The molecule has 0 spiro atoms. The lowest BCUT2D eigenvalue weighted by Crippen LogP contribution is -2.34. The van der Waals surface area contributed by atoms with Crippen molar-refractivity contribution >= 4 is 5.91 Å². The molecule has 120 valence electrons. The fraction of sp³-hybridized carbons (Fsp3) is 0.350. The molecule has 1 aliphatic rings. The zero-order chi connectivity index (χ0) is 16.1. The van der Waals surface area contributed by atoms with Crippen LogP contribution in [0.25, 0.3) is 11.1 Å². The fourth-order valence-corrected chi connectivity index (χ4v) is 3.18. The van der Waals surface area contributed by atoms with Gasteiger partial charge in [0, 0.05) is 12.5 Å². The first-order valence-corrected chi connectivity index (χ1v) is 8.32. The van der Waals surface area contributed by atoms with Gasteiger partial charge in [0.25, 0.3) is 0 Å². The zero-order valence-corrected chi connectivity index (χ0v) is 13.2. The van der Waals surface area contributed by atoms with Crippen LogP contribution in [0.2, 0.25) is 0 Å². The summed E-state index contributed by atoms with van der Waals surface area (Å²) in [5.74, 6) is 0.0261. The lowest BCUT2D eigenvalue weighted by molar-refractivity contribution is -0.127. The molecule has 0 aromatic heterocycles. The van der Waals surface area contributed by atoms with Gasteiger partial charge in [0.2, 0.25) is 5.91 Å². The average molecular weight is 309 g/mol. The van der Waals surface area contributed by atoms with Crippen molar-refractivity contribution in [1.82, 2.24) is 5.32 Å². The van der Waals surface area contributed by atoms with Gasteiger partial charge in [-0.15, -0.1) is 0 Å². The highest BCUT2D eigenvalue weighted by atomic mass is 16.3. The van der Waals surface area contributed by atoms with Gasteiger partial charge >= 0.3 is 0 Å². The Hall–Kier alpha value is -2.13. The second-order valence-corrected chi connectivity index (χ2v) is 6.30. The molecule has 1 saturated carbocycles. The molecule has 1 amide bonds. The van der Waals surface area contributed by atoms with E-state index in [1.807, 2.05) is 18.2 Å². The summed E-state index contributed by atoms with van der Waals surface area (Å²) in [5.41, 5.74) is 3.46. The number of hydrogen-bond donors (Lipinski definition) is 2. The van der Waals surface area contributed by atoms with Crippen LogP contribution in [0.15, 0.2) is 54.6 Å². The van der Waals surface area contributed by atoms with Crippen molar-refractivity contribution in [2.45, 2.75) is 38.3 Å². The van der Waals surface area contributed by atoms with Gasteiger partial charge in [0.1, 0.15) is 0 Å². The van der Waals surface area contributed by atoms with E-state index in [4.69, 9.17) is 0 Å². The molecule has 23 heavy (non-hydrogen) atoms. The largest absolute Gasteiger partial charge is 0.393 e. The number of amides is 1. The molecule has 1 aliphatic carbocycles. The van der Waals surface area contributed by atoms with Gasteiger partial charge in [-0.1, -0.05) is 61.0 Å². The van der Waals surface area contributed by atoms with E-state index in [1.54, 1.807) is 0 Å². The molecule has 2 atom stereocenters. The number of rotatable bonds is 4. The minimum atomic E-state index is -0.315. The maximum Gasteiger partial charge on any atom is 0.223 e. The third-order valence-corrected chi connectivity index (χ3v) is 4.55. The summed E-state index contributed by atoms with van der Waals surface area (Å²) in [4.78, 5) is 12.2. The Bertz CT molecular complexity index is 636. The lowest BCUT2D eigenvalue weighted by Gasteiger charge is -2.24. The Labute approximate surface area is 137 Å². The Morgan fingerprint density at radius 2 is 1.70 bits per heavy atom. The van der Waals surface area contributed by atoms with Crippen LogP contribution in [0.4, 0.5) is 0 Å². The number of aliphatic hydroxyl groups is 1. The van der Waals surface area contributed by atoms with Crippen molar-refractivity contribution < 1.29 is 9.90 Å². The van der Waals surface area contributed by atoms with E-state index in [0.29, 0.717) is 13.0 Å². The molecule has 2 aromatic carbocycles. The highest BCUT2D eigenvalue weighted by molar-refractivity contribution is 5.78. The number of carbonyl (C=O) groups is 1. The second-order valence-electron chi connectivity index (χ2n) is 6.30. The quantitative estimate of drug-likeness (QED) is 0.908. The predicted molar refractivity (Wildman–Crippen MR) is 91.7 cm³/mol. The van der Waals surface area contributed by atoms with Crippen LogP contribution < -0.4 is 5.32 Å². The van der Waals surface area contributed by atoms with E-state index in [1.165, 1.54) is 11.1 Å². The Balaban J connectivity index is 1.55. The summed E-state index contributed by atoms with van der Waals surface area (Å²) in [7, 11) is 0. The van der Waals surface area contributed by atoms with Gasteiger partial charge in [-0.3, -0.25) is 4.79 Å². The molecule has 3 nitrogen and oxygen atoms in total. The van der Waals surface area contributed by atoms with Crippen LogP contribution in [0, 0.1) is 5.92 Å². The summed E-state index contributed by atoms with van der Waals surface area (Å²) in [6, 6.07) is 18.5. The summed E-state index contributed by atoms with van der Waals surface area (Å²) >= 11 is 0. The van der Waals surface area contributed by atoms with Crippen LogP contribution >= 0.6 is 0 Å². The number of nitrogens with one attached hydrogen (secondary N) is 1. The molecule has 0 saturated heterocycles. The summed E-state index contributed by atoms with van der Waals surface area (Å²) in [5, 5.41) is 12.7. The van der Waals surface area contributed by atoms with E-state index >= 15 is 0 Å². The number of hydrogen-bond acceptors (Lipinski definition) is 2. The van der Waals surface area contributed by atoms with E-state index in [0.717, 1.165) is 24.8 Å². The van der Waals surface area contributed by atoms with Gasteiger partial charge in [0.05, 0.1) is 6.10 Å². The first-order chi connectivity index (χ1) is 11.2. The monoisotopic (exact) mass is 309 g/mol. The first kappa shape index (κ1) is 15.8. The molecule has 3 rings (SSSR count). The smallest absolute Gasteiger partial charge is 0.223 e. The number of aliphatic hydroxyl groups excluding tert-OH is 1. The molecule has 0 bridgehead atoms. The van der Waals surface area contributed by atoms with Gasteiger partial charge in [0.15, 0.2) is 0 Å². The number of carbonyl (C=O) groups excluding carboxylic acids is 1. The van der Waals surface area contributed by atoms with Gasteiger partial charge in [-0.25, -0.2) is 0 Å². The predicted octanol–water partition coefficient (Wildman–Crippen LogP) is 3.52. The summed E-state index contributed by atoms with van der Waals surface area (Å²) in [6.07, 6.45) is 2.93. The minimum absolute atomic E-state index is 0.0395. The van der Waals surface area contributed by atoms with E-state index in [9.17, 15) is 9.90 Å². The van der Waals surface area contributed by atoms with Crippen molar-refractivity contribution in [3.8, 4) is 11.1 Å². The Morgan fingerprint density at radius 1 is 1.00 bits per heavy atom. The minimum Gasteiger partial charge on any atom is -0.393 e. The Kier molecular flexibility index (Phi) is 5.09. The molecule has 0 aliphatic heterocycles. The zero-order valence-electron chi connectivity index (χ0n) is 13.2. The van der Waals surface area contributed by atoms with Crippen LogP contribution in [0.3, 0.4) is 0 Å². The lowest BCUT2D eigenvalue weighted by atomic mass is 9.86. The molecule has 1 fully saturated rings. The van der Waals surface area contributed by atoms with E-state index < -0.39 is 0 Å². The van der Waals surface area contributed by atoms with Crippen molar-refractivity contribution in [1.29, 1.82) is 0 Å². The van der Waals surface area contributed by atoms with Crippen LogP contribution in [-0.4, -0.2) is 17.1 Å². The molecule has 0 radical (unpaired) electrons. The van der Waals surface area contributed by atoms with Crippen LogP contribution in [0.5, 0.6) is 0 Å². The SMILES string of the molecule is O=C(NCc1ccc(-c2ccccc2)cc1)[C@H]1CCC[C@@H](O)C1. The molecule has 0 heterocycles. The molecule has 2 aromatic rings. The topological polar surface area (TPSA) is 49.3 Å². The highest BCUT2D eigenvalue weighted by Gasteiger charge is 2.25. The number of benzene rings is 2. The van der Waals surface area contributed by atoms with Crippen molar-refractivity contribution in [2.75, 3.05) is 0 Å². The van der Waals surface area contributed by atoms with E-state index in [2.05, 4.69) is 41.7 Å². The van der Waals surface area contributed by atoms with Crippen molar-refractivity contribution in [3.05, 3.63) is 60.2 Å². The van der Waals surface area contributed by atoms with Crippen molar-refractivity contribution in [2.24, 2.45) is 5.92 Å². The average Bonchev–Trinajstić information content (AvgIpc) is 2.61. The molecule has 0 unspecified atom stereocenters. The van der Waals surface area contributed by atoms with Crippen LogP contribution in [-0.2, 0) is 11.3 Å². The third-order valence-electron chi connectivity index (χ3n) is 4.55. The van der Waals surface area contributed by atoms with Gasteiger partial charge in [-0.05, 0) is 36.0 Å². The third kappa shape index (κ3) is 4.20. The van der Waals surface area contributed by atoms with Gasteiger partial charge < -0.3 is 10.4 Å². The first-order valence-electron chi connectivity index (χ1n) is 8.32. The van der Waals surface area contributed by atoms with E-state index in [-0.39, 0.29) is 17.9 Å². The molecular formula is C20H23NO2. The summed E-state index contributed by atoms with van der Waals surface area (Å²) < 4.78 is 0. The standard InChI is InChI=1S/C20H23NO2/c22-19-8-4-7-18(13-19)20(23)21-14-15-9-11-17(12-10-15)16-5-2-1-3-6-16/h1-3,5-6,9-12,18-19,22H,4,7-8,13-14H2,(H,21,23)/t18-,19+/m0/s1. The molecular weight excluding hydrogens is 286 g/mol. The normalized spacial score (nSPS) is 20.9. The molecule has 3 heteroatoms. The van der Waals surface area contributed by atoms with Gasteiger partial charge in [-0.2, -0.15) is 0 Å². The highest BCUT2D eigenvalue weighted by Crippen LogP contribution is 2.24. The Morgan fingerprint density at radius 3 is 2.39 bits per heavy atom. The second kappa shape index (κ2) is 7.42. The van der Waals surface area contributed by atoms with Crippen LogP contribution in [0.1, 0.15) is 31.2 Å². The maximum absolute atomic E-state index is 12.2. The summed E-state index contributed by atoms with van der Waals surface area (Å²) in [6.45, 7) is 0.542. The fourth-order valence-electron chi connectivity index (χ4n) is 3.18. The maximum atomic E-state index is 12.2. The molecule has 2 N–H and O–H groups in total.